The van der Waals surface area contributed by atoms with Crippen LogP contribution in [0.2, 0.25) is 0 Å². The minimum absolute atomic E-state index is 0.121. The van der Waals surface area contributed by atoms with Gasteiger partial charge in [-0.15, -0.1) is 0 Å². The van der Waals surface area contributed by atoms with Crippen LogP contribution in [0.15, 0.2) is 66.9 Å². The van der Waals surface area contributed by atoms with Crippen molar-refractivity contribution in [2.75, 3.05) is 5.32 Å². The Morgan fingerprint density at radius 2 is 1.92 bits per heavy atom. The fourth-order valence-corrected chi connectivity index (χ4v) is 3.17. The van der Waals surface area contributed by atoms with E-state index in [-0.39, 0.29) is 5.91 Å². The minimum Gasteiger partial charge on any atom is -0.320 e. The number of hydrogen-bond acceptors (Lipinski definition) is 2. The quantitative estimate of drug-likeness (QED) is 0.729. The predicted molar refractivity (Wildman–Crippen MR) is 102 cm³/mol. The molecule has 0 radical (unpaired) electrons. The van der Waals surface area contributed by atoms with E-state index in [9.17, 15) is 4.79 Å². The Kier molecular flexibility index (Phi) is 3.90. The Morgan fingerprint density at radius 3 is 2.80 bits per heavy atom. The molecule has 0 spiro atoms. The van der Waals surface area contributed by atoms with Crippen LogP contribution < -0.4 is 5.32 Å². The van der Waals surface area contributed by atoms with Gasteiger partial charge in [-0.3, -0.25) is 9.78 Å². The number of aryl methyl sites for hydroxylation is 1. The summed E-state index contributed by atoms with van der Waals surface area (Å²) < 4.78 is 0. The molecule has 25 heavy (non-hydrogen) atoms. The van der Waals surface area contributed by atoms with Gasteiger partial charge in [0.2, 0.25) is 0 Å². The fraction of sp³-hybridized carbons (Fsp3) is 0.0909. The second kappa shape index (κ2) is 6.36. The maximum absolute atomic E-state index is 12.6. The van der Waals surface area contributed by atoms with E-state index in [0.717, 1.165) is 23.4 Å². The lowest BCUT2D eigenvalue weighted by Crippen LogP contribution is -2.13. The Labute approximate surface area is 147 Å². The molecule has 1 aromatic heterocycles. The number of rotatable bonds is 2. The number of carbonyl (C=O) groups is 1. The van der Waals surface area contributed by atoms with Crippen LogP contribution in [0.1, 0.15) is 27.2 Å². The molecular weight excluding hydrogens is 308 g/mol. The molecule has 1 aliphatic carbocycles. The molecule has 3 aromatic rings. The third kappa shape index (κ3) is 2.96. The lowest BCUT2D eigenvalue weighted by atomic mass is 9.95. The average molecular weight is 326 g/mol. The van der Waals surface area contributed by atoms with Crippen LogP contribution >= 0.6 is 0 Å². The summed E-state index contributed by atoms with van der Waals surface area (Å²) in [5.74, 6) is -0.121. The van der Waals surface area contributed by atoms with Crippen LogP contribution in [-0.2, 0) is 6.42 Å². The van der Waals surface area contributed by atoms with Crippen molar-refractivity contribution in [2.45, 2.75) is 13.3 Å². The molecule has 3 nitrogen and oxygen atoms in total. The molecule has 1 aliphatic rings. The van der Waals surface area contributed by atoms with Crippen molar-refractivity contribution in [3.63, 3.8) is 0 Å². The number of allylic oxidation sites excluding steroid dienone is 1. The zero-order valence-corrected chi connectivity index (χ0v) is 14.0. The monoisotopic (exact) mass is 326 g/mol. The largest absolute Gasteiger partial charge is 0.320 e. The number of amides is 1. The maximum atomic E-state index is 12.6. The second-order valence-electron chi connectivity index (χ2n) is 6.16. The summed E-state index contributed by atoms with van der Waals surface area (Å²) in [6.45, 7) is 1.88. The Bertz CT molecular complexity index is 989. The predicted octanol–water partition coefficient (Wildman–Crippen LogP) is 4.88. The molecule has 0 saturated carbocycles. The van der Waals surface area contributed by atoms with Gasteiger partial charge in [0.05, 0.1) is 11.4 Å². The van der Waals surface area contributed by atoms with Crippen LogP contribution in [0.25, 0.3) is 17.2 Å². The van der Waals surface area contributed by atoms with Crippen molar-refractivity contribution in [3.8, 4) is 11.1 Å². The van der Waals surface area contributed by atoms with E-state index < -0.39 is 0 Å². The first kappa shape index (κ1) is 15.3. The number of hydrogen-bond donors (Lipinski definition) is 1. The molecule has 1 N–H and O–H groups in total. The zero-order chi connectivity index (χ0) is 17.2. The number of anilines is 1. The summed E-state index contributed by atoms with van der Waals surface area (Å²) in [7, 11) is 0. The lowest BCUT2D eigenvalue weighted by Gasteiger charge is -2.11. The normalized spacial score (nSPS) is 12.0. The van der Waals surface area contributed by atoms with E-state index in [4.69, 9.17) is 0 Å². The molecule has 0 bridgehead atoms. The molecule has 3 heteroatoms. The maximum Gasteiger partial charge on any atom is 0.255 e. The summed E-state index contributed by atoms with van der Waals surface area (Å²) in [5, 5.41) is 2.94. The molecule has 0 saturated heterocycles. The second-order valence-corrected chi connectivity index (χ2v) is 6.16. The van der Waals surface area contributed by atoms with Gasteiger partial charge in [-0.2, -0.15) is 0 Å². The van der Waals surface area contributed by atoms with Gasteiger partial charge in [0.1, 0.15) is 0 Å². The van der Waals surface area contributed by atoms with E-state index in [0.29, 0.717) is 5.56 Å². The highest BCUT2D eigenvalue weighted by Gasteiger charge is 2.14. The number of fused-ring (bicyclic) bond motifs is 3. The highest BCUT2D eigenvalue weighted by Crippen LogP contribution is 2.32. The average Bonchev–Trinajstić information content (AvgIpc) is 2.82. The number of nitrogens with zero attached hydrogens (tertiary/aromatic N) is 1. The minimum atomic E-state index is -0.121. The van der Waals surface area contributed by atoms with Crippen molar-refractivity contribution < 1.29 is 4.79 Å². The molecule has 2 aromatic carbocycles. The van der Waals surface area contributed by atoms with E-state index >= 15 is 0 Å². The van der Waals surface area contributed by atoms with Crippen molar-refractivity contribution >= 4 is 17.7 Å². The fourth-order valence-electron chi connectivity index (χ4n) is 3.17. The topological polar surface area (TPSA) is 42.0 Å². The van der Waals surface area contributed by atoms with E-state index in [1.807, 2.05) is 37.3 Å². The molecule has 1 heterocycles. The standard InChI is InChI=1S/C22H18N2O/c1-15-21(10-5-13-23-15)24-22(25)18-11-12-20-17(14-18)8-4-7-16-6-2-3-9-19(16)20/h2-6,8-14H,7H2,1H3,(H,24,25). The molecule has 0 fully saturated rings. The van der Waals surface area contributed by atoms with Gasteiger partial charge in [-0.05, 0) is 59.9 Å². The number of pyridine rings is 1. The van der Waals surface area contributed by atoms with E-state index in [1.54, 1.807) is 6.20 Å². The molecular formula is C22H18N2O. The zero-order valence-electron chi connectivity index (χ0n) is 14.0. The Morgan fingerprint density at radius 1 is 1.04 bits per heavy atom. The SMILES string of the molecule is Cc1ncccc1NC(=O)c1ccc2c(c1)C=CCc1ccccc1-2. The van der Waals surface area contributed by atoms with Gasteiger partial charge in [-0.25, -0.2) is 0 Å². The van der Waals surface area contributed by atoms with E-state index in [1.165, 1.54) is 16.7 Å². The van der Waals surface area contributed by atoms with Crippen LogP contribution in [0, 0.1) is 6.92 Å². The van der Waals surface area contributed by atoms with Crippen LogP contribution in [0.5, 0.6) is 0 Å². The molecule has 4 rings (SSSR count). The van der Waals surface area contributed by atoms with Crippen molar-refractivity contribution in [2.24, 2.45) is 0 Å². The summed E-state index contributed by atoms with van der Waals surface area (Å²) in [4.78, 5) is 16.8. The van der Waals surface area contributed by atoms with Gasteiger partial charge in [0, 0.05) is 11.8 Å². The van der Waals surface area contributed by atoms with Gasteiger partial charge in [-0.1, -0.05) is 42.5 Å². The van der Waals surface area contributed by atoms with Gasteiger partial charge < -0.3 is 5.32 Å². The number of carbonyl (C=O) groups excluding carboxylic acids is 1. The first-order chi connectivity index (χ1) is 12.2. The summed E-state index contributed by atoms with van der Waals surface area (Å²) in [6.07, 6.45) is 6.87. The van der Waals surface area contributed by atoms with Crippen LogP contribution in [0.4, 0.5) is 5.69 Å². The highest BCUT2D eigenvalue weighted by molar-refractivity contribution is 6.05. The summed E-state index contributed by atoms with van der Waals surface area (Å²) in [5.41, 5.74) is 6.96. The molecule has 122 valence electrons. The number of aromatic nitrogens is 1. The van der Waals surface area contributed by atoms with Gasteiger partial charge in [0.15, 0.2) is 0 Å². The van der Waals surface area contributed by atoms with Crippen molar-refractivity contribution in [3.05, 3.63) is 89.3 Å². The first-order valence-electron chi connectivity index (χ1n) is 8.34. The van der Waals surface area contributed by atoms with Crippen molar-refractivity contribution in [1.29, 1.82) is 0 Å². The van der Waals surface area contributed by atoms with Crippen LogP contribution in [0.3, 0.4) is 0 Å². The molecule has 0 atom stereocenters. The summed E-state index contributed by atoms with van der Waals surface area (Å²) in [6, 6.07) is 18.0. The third-order valence-corrected chi connectivity index (χ3v) is 4.51. The Balaban J connectivity index is 1.69. The van der Waals surface area contributed by atoms with Crippen LogP contribution in [-0.4, -0.2) is 10.9 Å². The van der Waals surface area contributed by atoms with Crippen molar-refractivity contribution in [1.82, 2.24) is 4.98 Å². The summed E-state index contributed by atoms with van der Waals surface area (Å²) >= 11 is 0. The molecule has 1 amide bonds. The van der Waals surface area contributed by atoms with Gasteiger partial charge >= 0.3 is 0 Å². The number of benzene rings is 2. The molecule has 0 aliphatic heterocycles. The van der Waals surface area contributed by atoms with E-state index in [2.05, 4.69) is 46.7 Å². The highest BCUT2D eigenvalue weighted by atomic mass is 16.1. The lowest BCUT2D eigenvalue weighted by molar-refractivity contribution is 0.102. The van der Waals surface area contributed by atoms with Gasteiger partial charge in [0.25, 0.3) is 5.91 Å². The third-order valence-electron chi connectivity index (χ3n) is 4.51. The number of nitrogens with one attached hydrogen (secondary N) is 1. The first-order valence-corrected chi connectivity index (χ1v) is 8.34. The Hall–Kier alpha value is -3.20. The smallest absolute Gasteiger partial charge is 0.255 e. The molecule has 0 unspecified atom stereocenters.